The number of anilines is 1. The van der Waals surface area contributed by atoms with E-state index in [1.807, 2.05) is 0 Å². The lowest BCUT2D eigenvalue weighted by molar-refractivity contribution is 0.0383. The Kier molecular flexibility index (Phi) is 5.01. The van der Waals surface area contributed by atoms with Gasteiger partial charge in [0.05, 0.1) is 13.2 Å². The van der Waals surface area contributed by atoms with Crippen LogP contribution in [0.1, 0.15) is 10.4 Å². The van der Waals surface area contributed by atoms with Crippen molar-refractivity contribution in [2.75, 3.05) is 45.1 Å². The molecule has 1 heterocycles. The van der Waals surface area contributed by atoms with Gasteiger partial charge in [0.1, 0.15) is 0 Å². The van der Waals surface area contributed by atoms with Gasteiger partial charge in [-0.1, -0.05) is 11.6 Å². The molecule has 0 atom stereocenters. The molecule has 0 radical (unpaired) electrons. The Balaban J connectivity index is 1.80. The van der Waals surface area contributed by atoms with Crippen molar-refractivity contribution < 1.29 is 9.53 Å². The van der Waals surface area contributed by atoms with Crippen LogP contribution in [0.2, 0.25) is 5.02 Å². The predicted molar refractivity (Wildman–Crippen MR) is 75.5 cm³/mol. The summed E-state index contributed by atoms with van der Waals surface area (Å²) < 4.78 is 5.27. The fraction of sp³-hybridized carbons (Fsp3) is 0.462. The van der Waals surface area contributed by atoms with Crippen molar-refractivity contribution in [1.82, 2.24) is 10.2 Å². The summed E-state index contributed by atoms with van der Waals surface area (Å²) in [5.74, 6) is -0.151. The van der Waals surface area contributed by atoms with Crippen LogP contribution in [-0.4, -0.2) is 50.2 Å². The number of carbonyl (C=O) groups is 1. The maximum absolute atomic E-state index is 11.9. The molecule has 1 aliphatic heterocycles. The van der Waals surface area contributed by atoms with Crippen molar-refractivity contribution in [3.8, 4) is 0 Å². The number of ether oxygens (including phenoxy) is 1. The minimum absolute atomic E-state index is 0.151. The van der Waals surface area contributed by atoms with Crippen LogP contribution in [-0.2, 0) is 4.74 Å². The molecule has 0 spiro atoms. The number of hydrogen-bond donors (Lipinski definition) is 2. The first kappa shape index (κ1) is 14.1. The summed E-state index contributed by atoms with van der Waals surface area (Å²) in [5.41, 5.74) is 6.64. The topological polar surface area (TPSA) is 67.6 Å². The number of carbonyl (C=O) groups excluding carboxylic acids is 1. The van der Waals surface area contributed by atoms with Crippen LogP contribution >= 0.6 is 11.6 Å². The molecule has 0 aromatic heterocycles. The maximum Gasteiger partial charge on any atom is 0.251 e. The lowest BCUT2D eigenvalue weighted by atomic mass is 10.2. The highest BCUT2D eigenvalue weighted by Crippen LogP contribution is 2.16. The summed E-state index contributed by atoms with van der Waals surface area (Å²) in [6, 6.07) is 4.85. The van der Waals surface area contributed by atoms with Crippen LogP contribution < -0.4 is 11.1 Å². The van der Waals surface area contributed by atoms with E-state index in [2.05, 4.69) is 10.2 Å². The summed E-state index contributed by atoms with van der Waals surface area (Å²) in [7, 11) is 0. The van der Waals surface area contributed by atoms with E-state index in [1.165, 1.54) is 0 Å². The zero-order valence-corrected chi connectivity index (χ0v) is 11.4. The molecule has 0 bridgehead atoms. The lowest BCUT2D eigenvalue weighted by Crippen LogP contribution is -2.41. The first-order valence-electron chi connectivity index (χ1n) is 6.29. The zero-order valence-electron chi connectivity index (χ0n) is 10.7. The van der Waals surface area contributed by atoms with Gasteiger partial charge in [0.25, 0.3) is 5.91 Å². The largest absolute Gasteiger partial charge is 0.399 e. The number of nitrogens with one attached hydrogen (secondary N) is 1. The first-order chi connectivity index (χ1) is 9.15. The van der Waals surface area contributed by atoms with E-state index in [9.17, 15) is 4.79 Å². The van der Waals surface area contributed by atoms with E-state index < -0.39 is 0 Å². The molecule has 2 rings (SSSR count). The lowest BCUT2D eigenvalue weighted by Gasteiger charge is -2.26. The Morgan fingerprint density at radius 3 is 2.79 bits per heavy atom. The second-order valence-electron chi connectivity index (χ2n) is 4.48. The van der Waals surface area contributed by atoms with E-state index in [1.54, 1.807) is 18.2 Å². The Morgan fingerprint density at radius 2 is 2.11 bits per heavy atom. The van der Waals surface area contributed by atoms with Crippen LogP contribution in [0.15, 0.2) is 18.2 Å². The standard InChI is InChI=1S/C13H18ClN3O2/c14-11-7-10(8-12(15)9-11)13(18)16-1-2-17-3-5-19-6-4-17/h7-9H,1-6,15H2,(H,16,18). The van der Waals surface area contributed by atoms with Gasteiger partial charge >= 0.3 is 0 Å². The van der Waals surface area contributed by atoms with E-state index in [0.717, 1.165) is 32.8 Å². The molecule has 0 aliphatic carbocycles. The van der Waals surface area contributed by atoms with Gasteiger partial charge in [-0.2, -0.15) is 0 Å². The van der Waals surface area contributed by atoms with Crippen molar-refractivity contribution in [2.45, 2.75) is 0 Å². The Hall–Kier alpha value is -1.30. The van der Waals surface area contributed by atoms with Gasteiger partial charge in [-0.15, -0.1) is 0 Å². The maximum atomic E-state index is 11.9. The number of morpholine rings is 1. The van der Waals surface area contributed by atoms with Gasteiger partial charge < -0.3 is 15.8 Å². The number of benzene rings is 1. The monoisotopic (exact) mass is 283 g/mol. The van der Waals surface area contributed by atoms with Gasteiger partial charge in [-0.25, -0.2) is 0 Å². The first-order valence-corrected chi connectivity index (χ1v) is 6.67. The second kappa shape index (κ2) is 6.75. The van der Waals surface area contributed by atoms with Crippen LogP contribution in [0.25, 0.3) is 0 Å². The van der Waals surface area contributed by atoms with Gasteiger partial charge in [-0.05, 0) is 18.2 Å². The molecule has 1 aliphatic rings. The van der Waals surface area contributed by atoms with Gasteiger partial charge in [0.2, 0.25) is 0 Å². The summed E-state index contributed by atoms with van der Waals surface area (Å²) in [5, 5.41) is 3.34. The molecule has 1 saturated heterocycles. The molecule has 6 heteroatoms. The number of halogens is 1. The van der Waals surface area contributed by atoms with E-state index in [-0.39, 0.29) is 5.91 Å². The number of hydrogen-bond acceptors (Lipinski definition) is 4. The molecule has 19 heavy (non-hydrogen) atoms. The van der Waals surface area contributed by atoms with E-state index >= 15 is 0 Å². The molecule has 1 aromatic rings. The fourth-order valence-electron chi connectivity index (χ4n) is 2.00. The minimum atomic E-state index is -0.151. The Morgan fingerprint density at radius 1 is 1.37 bits per heavy atom. The van der Waals surface area contributed by atoms with Crippen LogP contribution in [0.5, 0.6) is 0 Å². The number of amides is 1. The van der Waals surface area contributed by atoms with E-state index in [4.69, 9.17) is 22.1 Å². The van der Waals surface area contributed by atoms with Crippen LogP contribution in [0.4, 0.5) is 5.69 Å². The van der Waals surface area contributed by atoms with Crippen molar-refractivity contribution >= 4 is 23.2 Å². The van der Waals surface area contributed by atoms with Gasteiger partial charge in [0, 0.05) is 42.5 Å². The SMILES string of the molecule is Nc1cc(Cl)cc(C(=O)NCCN2CCOCC2)c1. The Labute approximate surface area is 117 Å². The summed E-state index contributed by atoms with van der Waals surface area (Å²) in [6.45, 7) is 4.79. The zero-order chi connectivity index (χ0) is 13.7. The number of nitrogen functional groups attached to an aromatic ring is 1. The smallest absolute Gasteiger partial charge is 0.251 e. The van der Waals surface area contributed by atoms with Crippen molar-refractivity contribution in [2.24, 2.45) is 0 Å². The van der Waals surface area contributed by atoms with Gasteiger partial charge in [-0.3, -0.25) is 9.69 Å². The van der Waals surface area contributed by atoms with E-state index in [0.29, 0.717) is 22.8 Å². The van der Waals surface area contributed by atoms with Crippen molar-refractivity contribution in [3.63, 3.8) is 0 Å². The number of rotatable bonds is 4. The third-order valence-electron chi connectivity index (χ3n) is 3.00. The van der Waals surface area contributed by atoms with Crippen molar-refractivity contribution in [3.05, 3.63) is 28.8 Å². The highest BCUT2D eigenvalue weighted by atomic mass is 35.5. The average molecular weight is 284 g/mol. The molecule has 104 valence electrons. The van der Waals surface area contributed by atoms with Gasteiger partial charge in [0.15, 0.2) is 0 Å². The van der Waals surface area contributed by atoms with Crippen LogP contribution in [0.3, 0.4) is 0 Å². The fourth-order valence-corrected chi connectivity index (χ4v) is 2.24. The minimum Gasteiger partial charge on any atom is -0.399 e. The highest BCUT2D eigenvalue weighted by molar-refractivity contribution is 6.31. The number of nitrogens with zero attached hydrogens (tertiary/aromatic N) is 1. The summed E-state index contributed by atoms with van der Waals surface area (Å²) in [6.07, 6.45) is 0. The van der Waals surface area contributed by atoms with Crippen molar-refractivity contribution in [1.29, 1.82) is 0 Å². The molecule has 0 unspecified atom stereocenters. The molecular formula is C13H18ClN3O2. The highest BCUT2D eigenvalue weighted by Gasteiger charge is 2.11. The van der Waals surface area contributed by atoms with Crippen LogP contribution in [0, 0.1) is 0 Å². The molecule has 0 saturated carbocycles. The normalized spacial score (nSPS) is 16.3. The molecular weight excluding hydrogens is 266 g/mol. The molecule has 3 N–H and O–H groups in total. The molecule has 1 amide bonds. The molecule has 1 aromatic carbocycles. The average Bonchev–Trinajstić information content (AvgIpc) is 2.38. The third kappa shape index (κ3) is 4.38. The molecule has 1 fully saturated rings. The number of nitrogens with two attached hydrogens (primary N) is 1. The molecule has 5 nitrogen and oxygen atoms in total. The third-order valence-corrected chi connectivity index (χ3v) is 3.22. The quantitative estimate of drug-likeness (QED) is 0.809. The second-order valence-corrected chi connectivity index (χ2v) is 4.92. The summed E-state index contributed by atoms with van der Waals surface area (Å²) >= 11 is 5.87. The summed E-state index contributed by atoms with van der Waals surface area (Å²) in [4.78, 5) is 14.2. The Bertz CT molecular complexity index is 427. The predicted octanol–water partition coefficient (Wildman–Crippen LogP) is 0.984.